The van der Waals surface area contributed by atoms with Crippen molar-refractivity contribution in [3.8, 4) is 0 Å². The second-order valence-corrected chi connectivity index (χ2v) is 6.25. The Balaban J connectivity index is 1.46. The molecule has 2 aromatic rings. The van der Waals surface area contributed by atoms with Gasteiger partial charge in [-0.15, -0.1) is 0 Å². The molecular formula is C17H25N7O. The number of aliphatic imine (C=N–C) groups is 1. The van der Waals surface area contributed by atoms with Crippen LogP contribution in [0.1, 0.15) is 30.1 Å². The van der Waals surface area contributed by atoms with Crippen molar-refractivity contribution in [2.45, 2.75) is 39.3 Å². The smallest absolute Gasteiger partial charge is 0.223 e. The summed E-state index contributed by atoms with van der Waals surface area (Å²) in [6.07, 6.45) is 4.00. The zero-order valence-electron chi connectivity index (χ0n) is 15.0. The number of pyridine rings is 1. The average molecular weight is 343 g/mol. The highest BCUT2D eigenvalue weighted by molar-refractivity contribution is 5.79. The molecule has 1 aliphatic rings. The highest BCUT2D eigenvalue weighted by Gasteiger charge is 2.21. The molecule has 0 unspecified atom stereocenters. The topological polar surface area (TPSA) is 91.5 Å². The van der Waals surface area contributed by atoms with E-state index < -0.39 is 0 Å². The molecule has 0 aliphatic carbocycles. The van der Waals surface area contributed by atoms with E-state index in [9.17, 15) is 0 Å². The van der Waals surface area contributed by atoms with Gasteiger partial charge in [0.05, 0.1) is 6.54 Å². The van der Waals surface area contributed by atoms with Crippen LogP contribution in [0.2, 0.25) is 0 Å². The van der Waals surface area contributed by atoms with Gasteiger partial charge in [-0.25, -0.2) is 4.98 Å². The maximum atomic E-state index is 4.97. The molecule has 0 radical (unpaired) electrons. The highest BCUT2D eigenvalue weighted by atomic mass is 16.5. The van der Waals surface area contributed by atoms with Crippen molar-refractivity contribution >= 4 is 11.8 Å². The summed E-state index contributed by atoms with van der Waals surface area (Å²) < 4.78 is 4.97. The van der Waals surface area contributed by atoms with Crippen LogP contribution in [-0.4, -0.2) is 47.3 Å². The average Bonchev–Trinajstić information content (AvgIpc) is 3.05. The second-order valence-electron chi connectivity index (χ2n) is 6.25. The molecule has 0 spiro atoms. The summed E-state index contributed by atoms with van der Waals surface area (Å²) in [5, 5.41) is 10.6. The van der Waals surface area contributed by atoms with Crippen LogP contribution >= 0.6 is 0 Å². The van der Waals surface area contributed by atoms with Gasteiger partial charge >= 0.3 is 0 Å². The second kappa shape index (κ2) is 7.96. The van der Waals surface area contributed by atoms with Gasteiger partial charge in [-0.05, 0) is 31.4 Å². The summed E-state index contributed by atoms with van der Waals surface area (Å²) in [5.41, 5.74) is 1.19. The molecule has 0 atom stereocenters. The Morgan fingerprint density at radius 3 is 2.72 bits per heavy atom. The predicted octanol–water partition coefficient (Wildman–Crippen LogP) is 1.42. The van der Waals surface area contributed by atoms with Crippen LogP contribution in [0, 0.1) is 13.8 Å². The molecular weight excluding hydrogens is 318 g/mol. The van der Waals surface area contributed by atoms with Crippen LogP contribution < -0.4 is 15.5 Å². The maximum absolute atomic E-state index is 4.97. The van der Waals surface area contributed by atoms with Crippen molar-refractivity contribution in [1.82, 2.24) is 25.8 Å². The SMILES string of the molecule is CN=C(NCc1noc(C)n1)NC1CCN(c2ccc(C)cn2)CC1. The molecule has 2 N–H and O–H groups in total. The maximum Gasteiger partial charge on any atom is 0.223 e. The summed E-state index contributed by atoms with van der Waals surface area (Å²) in [4.78, 5) is 15.3. The number of nitrogens with zero attached hydrogens (tertiary/aromatic N) is 5. The standard InChI is InChI=1S/C17H25N7O/c1-12-4-5-16(19-10-12)24-8-6-14(7-9-24)22-17(18-3)20-11-15-21-13(2)25-23-15/h4-5,10,14H,6-9,11H2,1-3H3,(H2,18,20,22). The van der Waals surface area contributed by atoms with E-state index in [0.29, 0.717) is 24.3 Å². The first kappa shape index (κ1) is 17.2. The number of guanidine groups is 1. The number of nitrogens with one attached hydrogen (secondary N) is 2. The van der Waals surface area contributed by atoms with Gasteiger partial charge in [-0.1, -0.05) is 11.2 Å². The summed E-state index contributed by atoms with van der Waals surface area (Å²) in [7, 11) is 1.77. The minimum Gasteiger partial charge on any atom is -0.356 e. The van der Waals surface area contributed by atoms with Crippen LogP contribution in [0.15, 0.2) is 27.8 Å². The van der Waals surface area contributed by atoms with Gasteiger partial charge in [0.25, 0.3) is 0 Å². The number of anilines is 1. The lowest BCUT2D eigenvalue weighted by Gasteiger charge is -2.33. The fourth-order valence-corrected chi connectivity index (χ4v) is 2.86. The molecule has 2 aromatic heterocycles. The Bertz CT molecular complexity index is 702. The lowest BCUT2D eigenvalue weighted by atomic mass is 10.1. The predicted molar refractivity (Wildman–Crippen MR) is 96.6 cm³/mol. The van der Waals surface area contributed by atoms with E-state index in [1.54, 1.807) is 14.0 Å². The molecule has 1 aliphatic heterocycles. The van der Waals surface area contributed by atoms with Gasteiger partial charge in [0.1, 0.15) is 5.82 Å². The molecule has 1 saturated heterocycles. The number of aryl methyl sites for hydroxylation is 2. The normalized spacial score (nSPS) is 16.1. The Labute approximate surface area is 147 Å². The monoisotopic (exact) mass is 343 g/mol. The van der Waals surface area contributed by atoms with Gasteiger partial charge in [-0.3, -0.25) is 4.99 Å². The van der Waals surface area contributed by atoms with E-state index in [0.717, 1.165) is 37.7 Å². The first-order valence-electron chi connectivity index (χ1n) is 8.58. The van der Waals surface area contributed by atoms with Crippen LogP contribution in [0.4, 0.5) is 5.82 Å². The van der Waals surface area contributed by atoms with Gasteiger partial charge < -0.3 is 20.1 Å². The minimum atomic E-state index is 0.389. The highest BCUT2D eigenvalue weighted by Crippen LogP contribution is 2.17. The van der Waals surface area contributed by atoms with Crippen LogP contribution in [0.3, 0.4) is 0 Å². The molecule has 3 heterocycles. The zero-order chi connectivity index (χ0) is 17.6. The lowest BCUT2D eigenvalue weighted by molar-refractivity contribution is 0.386. The first-order chi connectivity index (χ1) is 12.1. The quantitative estimate of drug-likeness (QED) is 0.641. The lowest BCUT2D eigenvalue weighted by Crippen LogP contribution is -2.48. The van der Waals surface area contributed by atoms with Crippen molar-refractivity contribution in [2.24, 2.45) is 4.99 Å². The summed E-state index contributed by atoms with van der Waals surface area (Å²) in [5.74, 6) is 3.01. The van der Waals surface area contributed by atoms with Crippen molar-refractivity contribution < 1.29 is 4.52 Å². The third kappa shape index (κ3) is 4.68. The van der Waals surface area contributed by atoms with Crippen molar-refractivity contribution in [1.29, 1.82) is 0 Å². The fourth-order valence-electron chi connectivity index (χ4n) is 2.86. The fraction of sp³-hybridized carbons (Fsp3) is 0.529. The molecule has 1 fully saturated rings. The molecule has 8 nitrogen and oxygen atoms in total. The van der Waals surface area contributed by atoms with E-state index in [1.807, 2.05) is 6.20 Å². The molecule has 0 aromatic carbocycles. The Morgan fingerprint density at radius 1 is 1.32 bits per heavy atom. The molecule has 3 rings (SSSR count). The minimum absolute atomic E-state index is 0.389. The van der Waals surface area contributed by atoms with Crippen molar-refractivity contribution in [3.05, 3.63) is 35.6 Å². The molecule has 0 bridgehead atoms. The molecule has 0 saturated carbocycles. The first-order valence-corrected chi connectivity index (χ1v) is 8.58. The molecule has 0 amide bonds. The van der Waals surface area contributed by atoms with E-state index in [1.165, 1.54) is 5.56 Å². The largest absolute Gasteiger partial charge is 0.356 e. The van der Waals surface area contributed by atoms with Crippen LogP contribution in [0.25, 0.3) is 0 Å². The van der Waals surface area contributed by atoms with E-state index in [2.05, 4.69) is 54.7 Å². The van der Waals surface area contributed by atoms with Gasteiger partial charge in [0, 0.05) is 39.3 Å². The van der Waals surface area contributed by atoms with Gasteiger partial charge in [0.2, 0.25) is 5.89 Å². The number of hydrogen-bond acceptors (Lipinski definition) is 6. The number of piperidine rings is 1. The number of hydrogen-bond donors (Lipinski definition) is 2. The third-order valence-corrected chi connectivity index (χ3v) is 4.26. The Morgan fingerprint density at radius 2 is 2.12 bits per heavy atom. The zero-order valence-corrected chi connectivity index (χ0v) is 15.0. The van der Waals surface area contributed by atoms with Gasteiger partial charge in [0.15, 0.2) is 11.8 Å². The van der Waals surface area contributed by atoms with E-state index in [4.69, 9.17) is 4.52 Å². The Kier molecular flexibility index (Phi) is 5.47. The summed E-state index contributed by atoms with van der Waals surface area (Å²) >= 11 is 0. The van der Waals surface area contributed by atoms with Gasteiger partial charge in [-0.2, -0.15) is 4.98 Å². The van der Waals surface area contributed by atoms with Crippen molar-refractivity contribution in [2.75, 3.05) is 25.0 Å². The number of rotatable bonds is 4. The summed E-state index contributed by atoms with van der Waals surface area (Å²) in [6, 6.07) is 4.59. The van der Waals surface area contributed by atoms with Crippen LogP contribution in [0.5, 0.6) is 0 Å². The van der Waals surface area contributed by atoms with Crippen LogP contribution in [-0.2, 0) is 6.54 Å². The molecule has 8 heteroatoms. The number of aromatic nitrogens is 3. The summed E-state index contributed by atoms with van der Waals surface area (Å²) in [6.45, 7) is 6.29. The van der Waals surface area contributed by atoms with E-state index in [-0.39, 0.29) is 0 Å². The molecule has 25 heavy (non-hydrogen) atoms. The third-order valence-electron chi connectivity index (χ3n) is 4.26. The van der Waals surface area contributed by atoms with Crippen molar-refractivity contribution in [3.63, 3.8) is 0 Å². The van der Waals surface area contributed by atoms with E-state index >= 15 is 0 Å². The molecule has 134 valence electrons. The Hall–Kier alpha value is -2.64.